The Balaban J connectivity index is 0.789. The lowest BCUT2D eigenvalue weighted by Gasteiger charge is -2.09. The molecule has 350 valence electrons. The van der Waals surface area contributed by atoms with E-state index in [0.29, 0.717) is 94.4 Å². The summed E-state index contributed by atoms with van der Waals surface area (Å²) in [5.41, 5.74) is 6.56. The Morgan fingerprint density at radius 1 is 0.600 bits per heavy atom. The summed E-state index contributed by atoms with van der Waals surface area (Å²) in [5, 5.41) is 14.8. The second-order valence-corrected chi connectivity index (χ2v) is 19.4. The van der Waals surface area contributed by atoms with E-state index in [0.717, 1.165) is 43.2 Å². The van der Waals surface area contributed by atoms with Gasteiger partial charge in [-0.05, 0) is 58.6 Å². The number of fused-ring (bicyclic) bond motifs is 4. The second-order valence-electron chi connectivity index (χ2n) is 15.6. The maximum absolute atomic E-state index is 14.5. The highest BCUT2D eigenvalue weighted by Gasteiger charge is 2.22. The molecule has 0 atom stereocenters. The Bertz CT molecular complexity index is 3840. The predicted octanol–water partition coefficient (Wildman–Crippen LogP) is 11.9. The van der Waals surface area contributed by atoms with Crippen LogP contribution in [-0.4, -0.2) is 67.6 Å². The van der Waals surface area contributed by atoms with Crippen molar-refractivity contribution in [3.63, 3.8) is 0 Å². The van der Waals surface area contributed by atoms with E-state index in [-0.39, 0.29) is 19.0 Å². The number of aromatic nitrogens is 8. The van der Waals surface area contributed by atoms with Gasteiger partial charge in [0.05, 0.1) is 63.0 Å². The highest BCUT2D eigenvalue weighted by molar-refractivity contribution is 7.18. The third kappa shape index (κ3) is 8.31. The summed E-state index contributed by atoms with van der Waals surface area (Å²) in [6.07, 6.45) is 4.13. The van der Waals surface area contributed by atoms with Gasteiger partial charge in [0, 0.05) is 52.1 Å². The van der Waals surface area contributed by atoms with Crippen molar-refractivity contribution in [1.82, 2.24) is 39.2 Å². The Morgan fingerprint density at radius 3 is 1.79 bits per heavy atom. The van der Waals surface area contributed by atoms with Gasteiger partial charge >= 0.3 is 0 Å². The van der Waals surface area contributed by atoms with Gasteiger partial charge in [-0.25, -0.2) is 33.4 Å². The van der Waals surface area contributed by atoms with Crippen LogP contribution in [0.4, 0.5) is 4.39 Å². The highest BCUT2D eigenvalue weighted by Crippen LogP contribution is 2.41. The van der Waals surface area contributed by atoms with Crippen molar-refractivity contribution < 1.29 is 41.6 Å². The molecule has 0 radical (unpaired) electrons. The smallest absolute Gasteiger partial charge is 0.294 e. The quantitative estimate of drug-likeness (QED) is 0.0896. The molecule has 0 unspecified atom stereocenters. The van der Waals surface area contributed by atoms with Crippen molar-refractivity contribution in [2.24, 2.45) is 0 Å². The van der Waals surface area contributed by atoms with Gasteiger partial charge < -0.3 is 37.3 Å². The van der Waals surface area contributed by atoms with Crippen LogP contribution in [0.3, 0.4) is 0 Å². The fourth-order valence-electron chi connectivity index (χ4n) is 7.84. The van der Waals surface area contributed by atoms with Crippen LogP contribution >= 0.6 is 45.3 Å². The van der Waals surface area contributed by atoms with Crippen molar-refractivity contribution in [2.75, 3.05) is 28.4 Å². The molecule has 0 spiro atoms. The number of benzene rings is 4. The number of imidazole rings is 2. The largest absolute Gasteiger partial charge is 0.496 e. The Morgan fingerprint density at radius 2 is 1.20 bits per heavy atom. The maximum Gasteiger partial charge on any atom is 0.294 e. The molecule has 0 saturated carbocycles. The van der Waals surface area contributed by atoms with Gasteiger partial charge in [-0.2, -0.15) is 0 Å². The van der Waals surface area contributed by atoms with Crippen LogP contribution in [0.2, 0.25) is 0 Å². The molecular formula is C49H35FN8O8S4. The fourth-order valence-corrected chi connectivity index (χ4v) is 11.1. The molecule has 21 heteroatoms. The maximum atomic E-state index is 14.5. The van der Waals surface area contributed by atoms with Crippen LogP contribution in [-0.2, 0) is 19.6 Å². The monoisotopic (exact) mass is 1010 g/mol. The van der Waals surface area contributed by atoms with Crippen molar-refractivity contribution in [3.8, 4) is 77.4 Å². The first-order chi connectivity index (χ1) is 34.3. The zero-order valence-electron chi connectivity index (χ0n) is 37.3. The van der Waals surface area contributed by atoms with Crippen molar-refractivity contribution in [1.29, 1.82) is 0 Å². The van der Waals surface area contributed by atoms with Crippen LogP contribution in [0.1, 0.15) is 21.8 Å². The molecule has 4 aromatic carbocycles. The molecule has 0 bridgehead atoms. The van der Waals surface area contributed by atoms with E-state index in [1.807, 2.05) is 60.0 Å². The number of halogens is 1. The number of thiazole rings is 2. The zero-order valence-corrected chi connectivity index (χ0v) is 40.6. The Hall–Kier alpha value is -7.85. The van der Waals surface area contributed by atoms with Crippen molar-refractivity contribution in [2.45, 2.75) is 19.6 Å². The molecule has 0 aliphatic carbocycles. The zero-order chi connectivity index (χ0) is 47.5. The van der Waals surface area contributed by atoms with E-state index >= 15 is 0 Å². The molecule has 16 nitrogen and oxygen atoms in total. The molecule has 0 aliphatic rings. The first-order valence-electron chi connectivity index (χ1n) is 21.3. The standard InChI is InChI=1S/C49H35FN8O8S4/c1-59-30-14-37(32-18-41(65-39(32)16-30)34-20-57-46(53-34)69-48(55-57)61-3)63-22-29-24-67-44(51-29)26-8-5-7-25(11-26)12-43-36(52-45(68-43)27-9-6-10-28(50)13-27)23-64-38-15-31(60-2)17-40-33(38)19-42(66-40)35-21-58-47(54-35)70-49(56-58)62-4/h5-11,13-21,24H,12,22-23H2,1-4H3. The van der Waals surface area contributed by atoms with Crippen LogP contribution in [0.5, 0.6) is 33.4 Å². The first kappa shape index (κ1) is 43.4. The Labute approximate surface area is 411 Å². The first-order valence-corrected chi connectivity index (χ1v) is 24.7. The second kappa shape index (κ2) is 17.9. The Kier molecular flexibility index (Phi) is 11.1. The minimum absolute atomic E-state index is 0.123. The number of ether oxygens (including phenoxy) is 6. The summed E-state index contributed by atoms with van der Waals surface area (Å²) >= 11 is 5.70. The number of nitrogens with zero attached hydrogens (tertiary/aromatic N) is 8. The van der Waals surface area contributed by atoms with E-state index in [1.54, 1.807) is 55.9 Å². The summed E-state index contributed by atoms with van der Waals surface area (Å²) in [6.45, 7) is 0.337. The molecule has 0 fully saturated rings. The molecule has 0 saturated heterocycles. The number of furan rings is 2. The van der Waals surface area contributed by atoms with Crippen molar-refractivity contribution >= 4 is 77.2 Å². The summed E-state index contributed by atoms with van der Waals surface area (Å²) in [6, 6.07) is 25.8. The molecule has 0 aliphatic heterocycles. The molecule has 8 heterocycles. The number of methoxy groups -OCH3 is 4. The molecule has 12 aromatic rings. The topological polar surface area (TPSA) is 168 Å². The number of hydrogen-bond donors (Lipinski definition) is 0. The minimum Gasteiger partial charge on any atom is -0.496 e. The van der Waals surface area contributed by atoms with Crippen LogP contribution in [0.25, 0.3) is 75.9 Å². The van der Waals surface area contributed by atoms with Gasteiger partial charge in [-0.3, -0.25) is 0 Å². The van der Waals surface area contributed by atoms with Crippen LogP contribution in [0, 0.1) is 5.82 Å². The molecule has 0 amide bonds. The summed E-state index contributed by atoms with van der Waals surface area (Å²) in [5.74, 6) is 3.05. The third-order valence-corrected chi connectivity index (χ3v) is 15.1. The predicted molar refractivity (Wildman–Crippen MR) is 265 cm³/mol. The average molecular weight is 1010 g/mol. The summed E-state index contributed by atoms with van der Waals surface area (Å²) in [4.78, 5) is 21.7. The lowest BCUT2D eigenvalue weighted by atomic mass is 10.1. The third-order valence-electron chi connectivity index (χ3n) is 11.2. The summed E-state index contributed by atoms with van der Waals surface area (Å²) < 4.78 is 65.1. The van der Waals surface area contributed by atoms with Crippen LogP contribution in [0.15, 0.2) is 112 Å². The van der Waals surface area contributed by atoms with E-state index in [2.05, 4.69) is 27.3 Å². The molecule has 0 N–H and O–H groups in total. The van der Waals surface area contributed by atoms with E-state index in [9.17, 15) is 4.39 Å². The van der Waals surface area contributed by atoms with E-state index < -0.39 is 0 Å². The normalized spacial score (nSPS) is 11.7. The van der Waals surface area contributed by atoms with Gasteiger partial charge in [0.25, 0.3) is 10.4 Å². The van der Waals surface area contributed by atoms with Crippen LogP contribution < -0.4 is 28.4 Å². The summed E-state index contributed by atoms with van der Waals surface area (Å²) in [7, 11) is 6.34. The SMILES string of the molecule is COc1cc(OCc2csc(-c3cccc(Cc4sc(-c5cccc(F)c5)nc4COc4cc(OC)cc5oc(-c6cn7nc(OC)sc7n6)cc45)c3)n2)c2cc(-c3cn4nc(OC)sc4n3)oc2c1. The molecule has 8 aromatic heterocycles. The fraction of sp³-hybridized carbons (Fsp3) is 0.143. The lowest BCUT2D eigenvalue weighted by molar-refractivity contribution is 0.302. The van der Waals surface area contributed by atoms with Gasteiger partial charge in [0.2, 0.25) is 9.92 Å². The van der Waals surface area contributed by atoms with E-state index in [1.165, 1.54) is 57.5 Å². The van der Waals surface area contributed by atoms with Crippen molar-refractivity contribution in [3.05, 3.63) is 130 Å². The van der Waals surface area contributed by atoms with E-state index in [4.69, 9.17) is 52.2 Å². The number of hydrogen-bond acceptors (Lipinski definition) is 18. The highest BCUT2D eigenvalue weighted by atomic mass is 32.1. The van der Waals surface area contributed by atoms with Gasteiger partial charge in [-0.1, -0.05) is 30.3 Å². The van der Waals surface area contributed by atoms with Gasteiger partial charge in [-0.15, -0.1) is 32.9 Å². The minimum atomic E-state index is -0.340. The molecular weight excluding hydrogens is 976 g/mol. The molecule has 12 rings (SSSR count). The molecule has 70 heavy (non-hydrogen) atoms. The van der Waals surface area contributed by atoms with Gasteiger partial charge in [0.15, 0.2) is 11.5 Å². The van der Waals surface area contributed by atoms with Gasteiger partial charge in [0.1, 0.15) is 74.6 Å². The lowest BCUT2D eigenvalue weighted by Crippen LogP contribution is -2.01. The average Bonchev–Trinajstić information content (AvgIpc) is 4.24. The number of rotatable bonds is 16.